The van der Waals surface area contributed by atoms with Crippen molar-refractivity contribution < 1.29 is 9.84 Å². The first-order chi connectivity index (χ1) is 10.2. The van der Waals surface area contributed by atoms with Crippen molar-refractivity contribution in [3.63, 3.8) is 0 Å². The number of benzene rings is 1. The van der Waals surface area contributed by atoms with Gasteiger partial charge in [-0.2, -0.15) is 5.10 Å². The number of aliphatic hydroxyl groups excluding tert-OH is 1. The molecule has 6 heteroatoms. The molecule has 21 heavy (non-hydrogen) atoms. The number of rotatable bonds is 4. The summed E-state index contributed by atoms with van der Waals surface area (Å²) >= 11 is 0. The highest BCUT2D eigenvalue weighted by Crippen LogP contribution is 2.19. The summed E-state index contributed by atoms with van der Waals surface area (Å²) in [6.07, 6.45) is 1.89. The van der Waals surface area contributed by atoms with Crippen LogP contribution >= 0.6 is 0 Å². The quantitative estimate of drug-likeness (QED) is 0.825. The molecular weight excluding hydrogens is 270 g/mol. The Balaban J connectivity index is 2.29. The Morgan fingerprint density at radius 2 is 2.24 bits per heavy atom. The van der Waals surface area contributed by atoms with Crippen molar-refractivity contribution in [3.8, 4) is 17.6 Å². The van der Waals surface area contributed by atoms with Crippen LogP contribution in [0.3, 0.4) is 0 Å². The molecule has 0 saturated heterocycles. The van der Waals surface area contributed by atoms with Crippen molar-refractivity contribution in [1.82, 2.24) is 14.3 Å². The normalized spacial score (nSPS) is 10.0. The zero-order valence-electron chi connectivity index (χ0n) is 12.0. The fourth-order valence-corrected chi connectivity index (χ4v) is 1.87. The molecule has 6 nitrogen and oxygen atoms in total. The molecule has 0 fully saturated rings. The minimum absolute atomic E-state index is 0.0261. The Morgan fingerprint density at radius 1 is 1.43 bits per heavy atom. The standard InChI is InChI=1S/C15H17N3O3/c1-17-11-16-18(15(17)20)10-12-6-7-14(21-2)13(9-12)5-3-4-8-19/h6-7,9,11,19H,4,8,10H2,1-2H3. The van der Waals surface area contributed by atoms with Crippen LogP contribution in [0.5, 0.6) is 5.75 Å². The summed E-state index contributed by atoms with van der Waals surface area (Å²) < 4.78 is 8.06. The lowest BCUT2D eigenvalue weighted by Gasteiger charge is -2.06. The van der Waals surface area contributed by atoms with Crippen LogP contribution in [0.1, 0.15) is 17.5 Å². The predicted octanol–water partition coefficient (Wildman–Crippen LogP) is 0.373. The van der Waals surface area contributed by atoms with Crippen molar-refractivity contribution in [2.24, 2.45) is 7.05 Å². The summed E-state index contributed by atoms with van der Waals surface area (Å²) in [4.78, 5) is 11.8. The number of hydrogen-bond donors (Lipinski definition) is 1. The number of aromatic nitrogens is 3. The maximum atomic E-state index is 11.8. The van der Waals surface area contributed by atoms with Gasteiger partial charge < -0.3 is 9.84 Å². The summed E-state index contributed by atoms with van der Waals surface area (Å²) in [6, 6.07) is 5.55. The lowest BCUT2D eigenvalue weighted by atomic mass is 10.1. The number of aryl methyl sites for hydroxylation is 1. The molecule has 2 rings (SSSR count). The van der Waals surface area contributed by atoms with Crippen LogP contribution in [0, 0.1) is 11.8 Å². The molecule has 0 spiro atoms. The Bertz CT molecular complexity index is 735. The topological polar surface area (TPSA) is 69.3 Å². The summed E-state index contributed by atoms with van der Waals surface area (Å²) in [6.45, 7) is 0.399. The van der Waals surface area contributed by atoms with Gasteiger partial charge in [0, 0.05) is 13.5 Å². The fraction of sp³-hybridized carbons (Fsp3) is 0.333. The first kappa shape index (κ1) is 14.9. The number of methoxy groups -OCH3 is 1. The molecule has 0 aliphatic carbocycles. The molecule has 0 amide bonds. The maximum absolute atomic E-state index is 11.8. The Labute approximate surface area is 122 Å². The number of hydrogen-bond acceptors (Lipinski definition) is 4. The highest BCUT2D eigenvalue weighted by molar-refractivity contribution is 5.48. The Kier molecular flexibility index (Phi) is 4.80. The molecule has 1 heterocycles. The second kappa shape index (κ2) is 6.77. The molecule has 110 valence electrons. The van der Waals surface area contributed by atoms with Crippen LogP contribution < -0.4 is 10.4 Å². The highest BCUT2D eigenvalue weighted by atomic mass is 16.5. The van der Waals surface area contributed by atoms with E-state index in [1.54, 1.807) is 14.2 Å². The number of nitrogens with zero attached hydrogens (tertiary/aromatic N) is 3. The highest BCUT2D eigenvalue weighted by Gasteiger charge is 2.06. The zero-order valence-corrected chi connectivity index (χ0v) is 12.0. The van der Waals surface area contributed by atoms with Gasteiger partial charge in [-0.15, -0.1) is 0 Å². The van der Waals surface area contributed by atoms with Crippen molar-refractivity contribution in [1.29, 1.82) is 0 Å². The van der Waals surface area contributed by atoms with Gasteiger partial charge >= 0.3 is 5.69 Å². The van der Waals surface area contributed by atoms with E-state index in [9.17, 15) is 4.79 Å². The zero-order chi connectivity index (χ0) is 15.2. The monoisotopic (exact) mass is 287 g/mol. The molecule has 1 N–H and O–H groups in total. The van der Waals surface area contributed by atoms with Crippen LogP contribution in [0.2, 0.25) is 0 Å². The van der Waals surface area contributed by atoms with E-state index in [1.165, 1.54) is 15.6 Å². The van der Waals surface area contributed by atoms with Crippen LogP contribution in [0.25, 0.3) is 0 Å². The van der Waals surface area contributed by atoms with Crippen molar-refractivity contribution >= 4 is 0 Å². The van der Waals surface area contributed by atoms with E-state index >= 15 is 0 Å². The van der Waals surface area contributed by atoms with Crippen LogP contribution in [-0.2, 0) is 13.6 Å². The first-order valence-corrected chi connectivity index (χ1v) is 6.50. The molecule has 1 aromatic carbocycles. The van der Waals surface area contributed by atoms with Gasteiger partial charge in [0.15, 0.2) is 0 Å². The van der Waals surface area contributed by atoms with Gasteiger partial charge in [-0.25, -0.2) is 9.48 Å². The molecular formula is C15H17N3O3. The van der Waals surface area contributed by atoms with Gasteiger partial charge in [-0.1, -0.05) is 17.9 Å². The van der Waals surface area contributed by atoms with E-state index in [2.05, 4.69) is 16.9 Å². The van der Waals surface area contributed by atoms with Gasteiger partial charge in [0.25, 0.3) is 0 Å². The van der Waals surface area contributed by atoms with E-state index in [0.29, 0.717) is 18.7 Å². The first-order valence-electron chi connectivity index (χ1n) is 6.50. The molecule has 0 atom stereocenters. The van der Waals surface area contributed by atoms with Gasteiger partial charge in [-0.05, 0) is 17.7 Å². The van der Waals surface area contributed by atoms with Crippen LogP contribution in [0.4, 0.5) is 0 Å². The minimum atomic E-state index is -0.168. The predicted molar refractivity (Wildman–Crippen MR) is 78.1 cm³/mol. The molecule has 1 aromatic heterocycles. The van der Waals surface area contributed by atoms with E-state index in [-0.39, 0.29) is 12.3 Å². The third-order valence-corrected chi connectivity index (χ3v) is 2.94. The number of aliphatic hydroxyl groups is 1. The van der Waals surface area contributed by atoms with Crippen LogP contribution in [-0.4, -0.2) is 33.2 Å². The van der Waals surface area contributed by atoms with E-state index < -0.39 is 0 Å². The number of ether oxygens (including phenoxy) is 1. The molecule has 0 saturated carbocycles. The lowest BCUT2D eigenvalue weighted by Crippen LogP contribution is -2.23. The van der Waals surface area contributed by atoms with Gasteiger partial charge in [0.2, 0.25) is 0 Å². The molecule has 0 bridgehead atoms. The fourth-order valence-electron chi connectivity index (χ4n) is 1.87. The smallest absolute Gasteiger partial charge is 0.345 e. The third-order valence-electron chi connectivity index (χ3n) is 2.94. The Morgan fingerprint density at radius 3 is 2.86 bits per heavy atom. The van der Waals surface area contributed by atoms with E-state index in [0.717, 1.165) is 11.1 Å². The Hall–Kier alpha value is -2.52. The average molecular weight is 287 g/mol. The van der Waals surface area contributed by atoms with E-state index in [1.807, 2.05) is 18.2 Å². The SMILES string of the molecule is COc1ccc(Cn2ncn(C)c2=O)cc1C#CCCO. The summed E-state index contributed by atoms with van der Waals surface area (Å²) in [5.41, 5.74) is 1.47. The largest absolute Gasteiger partial charge is 0.495 e. The molecule has 0 unspecified atom stereocenters. The van der Waals surface area contributed by atoms with Gasteiger partial charge in [-0.3, -0.25) is 4.57 Å². The second-order valence-electron chi connectivity index (χ2n) is 4.49. The van der Waals surface area contributed by atoms with Gasteiger partial charge in [0.1, 0.15) is 12.1 Å². The maximum Gasteiger partial charge on any atom is 0.345 e. The molecule has 0 aliphatic rings. The minimum Gasteiger partial charge on any atom is -0.495 e. The molecule has 2 aromatic rings. The summed E-state index contributed by atoms with van der Waals surface area (Å²) in [5, 5.41) is 12.8. The average Bonchev–Trinajstić information content (AvgIpc) is 2.80. The molecule has 0 aliphatic heterocycles. The molecule has 0 radical (unpaired) electrons. The third kappa shape index (κ3) is 3.52. The van der Waals surface area contributed by atoms with Crippen molar-refractivity contribution in [3.05, 3.63) is 46.1 Å². The van der Waals surface area contributed by atoms with E-state index in [4.69, 9.17) is 9.84 Å². The second-order valence-corrected chi connectivity index (χ2v) is 4.49. The summed E-state index contributed by atoms with van der Waals surface area (Å²) in [7, 11) is 3.24. The lowest BCUT2D eigenvalue weighted by molar-refractivity contribution is 0.305. The van der Waals surface area contributed by atoms with Crippen molar-refractivity contribution in [2.45, 2.75) is 13.0 Å². The van der Waals surface area contributed by atoms with Gasteiger partial charge in [0.05, 0.1) is 25.8 Å². The van der Waals surface area contributed by atoms with Crippen molar-refractivity contribution in [2.75, 3.05) is 13.7 Å². The van der Waals surface area contributed by atoms with Crippen LogP contribution in [0.15, 0.2) is 29.3 Å². The summed E-state index contributed by atoms with van der Waals surface area (Å²) in [5.74, 6) is 6.49.